The summed E-state index contributed by atoms with van der Waals surface area (Å²) < 4.78 is 15.2. The molecule has 0 heterocycles. The number of esters is 2. The zero-order chi connectivity index (χ0) is 16.9. The highest BCUT2D eigenvalue weighted by Gasteiger charge is 2.32. The number of hydrogen-bond acceptors (Lipinski definition) is 7. The van der Waals surface area contributed by atoms with Crippen molar-refractivity contribution in [2.24, 2.45) is 0 Å². The first-order chi connectivity index (χ1) is 10.2. The van der Waals surface area contributed by atoms with Crippen molar-refractivity contribution in [1.82, 2.24) is 0 Å². The zero-order valence-corrected chi connectivity index (χ0v) is 13.4. The van der Waals surface area contributed by atoms with Crippen molar-refractivity contribution in [1.29, 1.82) is 0 Å². The Balaban J connectivity index is 3.14. The van der Waals surface area contributed by atoms with E-state index in [1.165, 1.54) is 32.4 Å². The summed E-state index contributed by atoms with van der Waals surface area (Å²) in [6.45, 7) is 5.05. The molecule has 0 aliphatic heterocycles. The van der Waals surface area contributed by atoms with Crippen molar-refractivity contribution in [3.63, 3.8) is 0 Å². The average Bonchev–Trinajstić information content (AvgIpc) is 2.46. The second-order valence-electron chi connectivity index (χ2n) is 5.03. The topological polar surface area (TPSA) is 85.3 Å². The molecule has 122 valence electrons. The molecule has 0 bridgehead atoms. The molecule has 0 atom stereocenters. The molecule has 0 aliphatic carbocycles. The molecule has 7 heteroatoms. The van der Waals surface area contributed by atoms with Crippen LogP contribution in [0.3, 0.4) is 0 Å². The van der Waals surface area contributed by atoms with Gasteiger partial charge in [-0.2, -0.15) is 0 Å². The van der Waals surface area contributed by atoms with Crippen LogP contribution in [-0.2, 0) is 14.3 Å². The van der Waals surface area contributed by atoms with Gasteiger partial charge in [-0.25, -0.2) is 9.59 Å². The minimum absolute atomic E-state index is 0.222. The van der Waals surface area contributed by atoms with Gasteiger partial charge in [0.25, 0.3) is 0 Å². The second kappa shape index (κ2) is 7.13. The largest absolute Gasteiger partial charge is 0.474 e. The van der Waals surface area contributed by atoms with Crippen LogP contribution in [0.1, 0.15) is 31.1 Å². The predicted octanol–water partition coefficient (Wildman–Crippen LogP) is 2.02. The molecule has 1 N–H and O–H groups in total. The van der Waals surface area contributed by atoms with Crippen LogP contribution in [0.25, 0.3) is 0 Å². The quantitative estimate of drug-likeness (QED) is 0.635. The molecule has 0 aliphatic rings. The number of anilines is 1. The Kier molecular flexibility index (Phi) is 5.76. The van der Waals surface area contributed by atoms with E-state index < -0.39 is 17.5 Å². The molecule has 0 unspecified atom stereocenters. The highest BCUT2D eigenvalue weighted by atomic mass is 16.6. The van der Waals surface area contributed by atoms with Crippen LogP contribution in [0.2, 0.25) is 0 Å². The third-order valence-corrected chi connectivity index (χ3v) is 2.86. The van der Waals surface area contributed by atoms with Gasteiger partial charge in [-0.1, -0.05) is 0 Å². The predicted molar refractivity (Wildman–Crippen MR) is 79.3 cm³/mol. The van der Waals surface area contributed by atoms with Crippen molar-refractivity contribution in [2.45, 2.75) is 26.4 Å². The SMILES string of the molecule is CCOC(=O)C(C)(C)Oc1ccc(C(=O)OC)cc1N(C)O. The third-order valence-electron chi connectivity index (χ3n) is 2.86. The fourth-order valence-electron chi connectivity index (χ4n) is 1.72. The third kappa shape index (κ3) is 4.11. The molecule has 0 amide bonds. The Morgan fingerprint density at radius 1 is 1.32 bits per heavy atom. The van der Waals surface area contributed by atoms with Gasteiger partial charge >= 0.3 is 11.9 Å². The van der Waals surface area contributed by atoms with E-state index in [9.17, 15) is 14.8 Å². The van der Waals surface area contributed by atoms with Gasteiger partial charge in [0.05, 0.1) is 19.3 Å². The van der Waals surface area contributed by atoms with Crippen molar-refractivity contribution in [2.75, 3.05) is 25.8 Å². The molecule has 1 aromatic rings. The number of carbonyl (C=O) groups excluding carboxylic acids is 2. The maximum atomic E-state index is 11.9. The van der Waals surface area contributed by atoms with Crippen molar-refractivity contribution in [3.05, 3.63) is 23.8 Å². The van der Waals surface area contributed by atoms with Gasteiger partial charge in [0.15, 0.2) is 5.60 Å². The van der Waals surface area contributed by atoms with Crippen LogP contribution in [-0.4, -0.2) is 43.5 Å². The molecule has 1 rings (SSSR count). The summed E-state index contributed by atoms with van der Waals surface area (Å²) in [6.07, 6.45) is 0. The standard InChI is InChI=1S/C15H21NO6/c1-6-21-14(18)15(2,3)22-12-8-7-10(13(17)20-5)9-11(12)16(4)19/h7-9,19H,6H2,1-5H3. The lowest BCUT2D eigenvalue weighted by molar-refractivity contribution is -0.158. The Labute approximate surface area is 129 Å². The van der Waals surface area contributed by atoms with E-state index in [2.05, 4.69) is 4.74 Å². The van der Waals surface area contributed by atoms with E-state index in [1.54, 1.807) is 20.8 Å². The number of benzene rings is 1. The summed E-state index contributed by atoms with van der Waals surface area (Å²) >= 11 is 0. The summed E-state index contributed by atoms with van der Waals surface area (Å²) in [7, 11) is 2.64. The minimum atomic E-state index is -1.24. The molecule has 0 saturated carbocycles. The first-order valence-electron chi connectivity index (χ1n) is 6.74. The van der Waals surface area contributed by atoms with Crippen LogP contribution in [0.5, 0.6) is 5.75 Å². The van der Waals surface area contributed by atoms with Gasteiger partial charge in [0, 0.05) is 7.05 Å². The molecule has 1 aromatic carbocycles. The number of carbonyl (C=O) groups is 2. The Hall–Kier alpha value is -2.28. The maximum Gasteiger partial charge on any atom is 0.349 e. The van der Waals surface area contributed by atoms with Crippen LogP contribution < -0.4 is 9.80 Å². The average molecular weight is 311 g/mol. The van der Waals surface area contributed by atoms with Crippen LogP contribution in [0.4, 0.5) is 5.69 Å². The van der Waals surface area contributed by atoms with Gasteiger partial charge in [-0.3, -0.25) is 10.3 Å². The summed E-state index contributed by atoms with van der Waals surface area (Å²) in [5, 5.41) is 10.5. The van der Waals surface area contributed by atoms with E-state index in [4.69, 9.17) is 9.47 Å². The number of rotatable bonds is 6. The lowest BCUT2D eigenvalue weighted by Crippen LogP contribution is -2.40. The Morgan fingerprint density at radius 3 is 2.45 bits per heavy atom. The number of ether oxygens (including phenoxy) is 3. The highest BCUT2D eigenvalue weighted by Crippen LogP contribution is 2.31. The molecule has 0 radical (unpaired) electrons. The van der Waals surface area contributed by atoms with Crippen molar-refractivity contribution in [3.8, 4) is 5.75 Å². The Morgan fingerprint density at radius 2 is 1.95 bits per heavy atom. The fourth-order valence-corrected chi connectivity index (χ4v) is 1.72. The van der Waals surface area contributed by atoms with Crippen LogP contribution >= 0.6 is 0 Å². The first-order valence-corrected chi connectivity index (χ1v) is 6.74. The van der Waals surface area contributed by atoms with E-state index in [0.29, 0.717) is 0 Å². The normalized spacial score (nSPS) is 10.8. The first kappa shape index (κ1) is 17.8. The molecule has 0 fully saturated rings. The monoisotopic (exact) mass is 311 g/mol. The number of hydrogen-bond donors (Lipinski definition) is 1. The van der Waals surface area contributed by atoms with E-state index in [-0.39, 0.29) is 23.6 Å². The molecule has 0 aromatic heterocycles. The van der Waals surface area contributed by atoms with Gasteiger partial charge in [0.1, 0.15) is 11.4 Å². The molecule has 7 nitrogen and oxygen atoms in total. The van der Waals surface area contributed by atoms with Crippen molar-refractivity contribution < 1.29 is 29.0 Å². The molecular formula is C15H21NO6. The number of nitrogens with zero attached hydrogens (tertiary/aromatic N) is 1. The summed E-state index contributed by atoms with van der Waals surface area (Å²) in [6, 6.07) is 4.37. The maximum absolute atomic E-state index is 11.9. The molecule has 0 spiro atoms. The van der Waals surface area contributed by atoms with Gasteiger partial charge in [0.2, 0.25) is 0 Å². The van der Waals surface area contributed by atoms with Crippen molar-refractivity contribution >= 4 is 17.6 Å². The van der Waals surface area contributed by atoms with Crippen LogP contribution in [0.15, 0.2) is 18.2 Å². The smallest absolute Gasteiger partial charge is 0.349 e. The zero-order valence-electron chi connectivity index (χ0n) is 13.4. The van der Waals surface area contributed by atoms with E-state index in [0.717, 1.165) is 5.06 Å². The van der Waals surface area contributed by atoms with E-state index >= 15 is 0 Å². The summed E-state index contributed by atoms with van der Waals surface area (Å²) in [4.78, 5) is 23.4. The molecule has 22 heavy (non-hydrogen) atoms. The molecule has 0 saturated heterocycles. The fraction of sp³-hybridized carbons (Fsp3) is 0.467. The lowest BCUT2D eigenvalue weighted by atomic mass is 10.1. The van der Waals surface area contributed by atoms with E-state index in [1.807, 2.05) is 0 Å². The molecular weight excluding hydrogens is 290 g/mol. The highest BCUT2D eigenvalue weighted by molar-refractivity contribution is 5.91. The second-order valence-corrected chi connectivity index (χ2v) is 5.03. The number of methoxy groups -OCH3 is 1. The minimum Gasteiger partial charge on any atom is -0.474 e. The van der Waals surface area contributed by atoms with Crippen LogP contribution in [0, 0.1) is 0 Å². The van der Waals surface area contributed by atoms with Gasteiger partial charge in [-0.15, -0.1) is 0 Å². The number of hydroxylamine groups is 1. The van der Waals surface area contributed by atoms with Gasteiger partial charge < -0.3 is 14.2 Å². The lowest BCUT2D eigenvalue weighted by Gasteiger charge is -2.26. The Bertz CT molecular complexity index is 553. The summed E-state index contributed by atoms with van der Waals surface area (Å²) in [5.41, 5.74) is -0.770. The van der Waals surface area contributed by atoms with Gasteiger partial charge in [-0.05, 0) is 39.0 Å². The summed E-state index contributed by atoms with van der Waals surface area (Å²) in [5.74, 6) is -0.839.